The van der Waals surface area contributed by atoms with Crippen molar-refractivity contribution in [3.63, 3.8) is 0 Å². The van der Waals surface area contributed by atoms with Gasteiger partial charge in [0.2, 0.25) is 0 Å². The fourth-order valence-corrected chi connectivity index (χ4v) is 2.79. The number of amides is 1. The number of benzene rings is 1. The smallest absolute Gasteiger partial charge is 0.251 e. The van der Waals surface area contributed by atoms with E-state index in [0.29, 0.717) is 17.1 Å². The van der Waals surface area contributed by atoms with Gasteiger partial charge in [0, 0.05) is 22.0 Å². The number of rotatable bonds is 7. The zero-order chi connectivity index (χ0) is 15.1. The van der Waals surface area contributed by atoms with E-state index in [4.69, 9.17) is 21.4 Å². The van der Waals surface area contributed by atoms with Gasteiger partial charge >= 0.3 is 0 Å². The zero-order valence-corrected chi connectivity index (χ0v) is 12.9. The van der Waals surface area contributed by atoms with Crippen LogP contribution in [0.4, 0.5) is 0 Å². The number of halogens is 1. The topological polar surface area (TPSA) is 58.6 Å². The lowest BCUT2D eigenvalue weighted by atomic mass is 10.2. The Labute approximate surface area is 132 Å². The molecule has 0 radical (unpaired) electrons. The van der Waals surface area contributed by atoms with Crippen LogP contribution < -0.4 is 5.32 Å². The van der Waals surface area contributed by atoms with E-state index >= 15 is 0 Å². The molecule has 21 heavy (non-hydrogen) atoms. The molecule has 1 aromatic heterocycles. The molecule has 2 rings (SSSR count). The largest absolute Gasteiger partial charge is 0.394 e. The summed E-state index contributed by atoms with van der Waals surface area (Å²) in [7, 11) is 0. The van der Waals surface area contributed by atoms with E-state index in [0.717, 1.165) is 4.88 Å². The molecule has 0 saturated carbocycles. The van der Waals surface area contributed by atoms with Gasteiger partial charge in [-0.15, -0.1) is 11.3 Å². The average molecular weight is 326 g/mol. The third-order valence-corrected chi connectivity index (χ3v) is 4.01. The molecule has 1 aromatic carbocycles. The predicted molar refractivity (Wildman–Crippen MR) is 83.9 cm³/mol. The predicted octanol–water partition coefficient (Wildman–Crippen LogP) is 2.88. The maximum atomic E-state index is 12.1. The number of carbonyl (C=O) groups is 1. The first-order valence-corrected chi connectivity index (χ1v) is 7.76. The number of nitrogens with one attached hydrogen (secondary N) is 1. The van der Waals surface area contributed by atoms with Crippen molar-refractivity contribution in [2.24, 2.45) is 0 Å². The third-order valence-electron chi connectivity index (χ3n) is 2.81. The molecule has 6 heteroatoms. The number of hydrogen-bond donors (Lipinski definition) is 2. The van der Waals surface area contributed by atoms with E-state index in [1.807, 2.05) is 17.5 Å². The van der Waals surface area contributed by atoms with Crippen molar-refractivity contribution in [3.05, 3.63) is 57.2 Å². The molecule has 1 atom stereocenters. The van der Waals surface area contributed by atoms with Crippen molar-refractivity contribution in [1.29, 1.82) is 0 Å². The van der Waals surface area contributed by atoms with Gasteiger partial charge in [-0.1, -0.05) is 23.7 Å². The van der Waals surface area contributed by atoms with Crippen molar-refractivity contribution in [2.75, 3.05) is 19.8 Å². The van der Waals surface area contributed by atoms with Crippen LogP contribution in [0.5, 0.6) is 0 Å². The number of aliphatic hydroxyl groups is 1. The Morgan fingerprint density at radius 2 is 2.24 bits per heavy atom. The molecule has 0 saturated heterocycles. The fourth-order valence-electron chi connectivity index (χ4n) is 1.83. The average Bonchev–Trinajstić information content (AvgIpc) is 3.01. The summed E-state index contributed by atoms with van der Waals surface area (Å²) in [6.07, 6.45) is -0.264. The highest BCUT2D eigenvalue weighted by atomic mass is 35.5. The Morgan fingerprint density at radius 1 is 1.38 bits per heavy atom. The molecular formula is C15H16ClNO3S. The Balaban J connectivity index is 1.96. The first-order chi connectivity index (χ1) is 10.2. The summed E-state index contributed by atoms with van der Waals surface area (Å²) in [6.45, 7) is 0.519. The molecule has 1 heterocycles. The first kappa shape index (κ1) is 16.0. The maximum absolute atomic E-state index is 12.1. The van der Waals surface area contributed by atoms with Gasteiger partial charge in [-0.2, -0.15) is 0 Å². The van der Waals surface area contributed by atoms with E-state index in [2.05, 4.69) is 5.32 Å². The second-order valence-corrected chi connectivity index (χ2v) is 5.73. The minimum absolute atomic E-state index is 0.0515. The van der Waals surface area contributed by atoms with E-state index in [1.165, 1.54) is 0 Å². The van der Waals surface area contributed by atoms with Gasteiger partial charge in [-0.25, -0.2) is 0 Å². The highest BCUT2D eigenvalue weighted by Crippen LogP contribution is 2.22. The lowest BCUT2D eigenvalue weighted by Crippen LogP contribution is -2.29. The van der Waals surface area contributed by atoms with Crippen molar-refractivity contribution in [2.45, 2.75) is 6.10 Å². The molecule has 0 bridgehead atoms. The van der Waals surface area contributed by atoms with Crippen LogP contribution in [0.1, 0.15) is 21.3 Å². The Kier molecular flexibility index (Phi) is 6.20. The lowest BCUT2D eigenvalue weighted by molar-refractivity contribution is 0.0296. The highest BCUT2D eigenvalue weighted by molar-refractivity contribution is 7.10. The number of ether oxygens (including phenoxy) is 1. The normalized spacial score (nSPS) is 12.1. The van der Waals surface area contributed by atoms with Gasteiger partial charge in [-0.05, 0) is 29.6 Å². The number of hydrogen-bond acceptors (Lipinski definition) is 4. The van der Waals surface area contributed by atoms with Gasteiger partial charge < -0.3 is 15.2 Å². The lowest BCUT2D eigenvalue weighted by Gasteiger charge is -2.17. The molecule has 0 aliphatic carbocycles. The molecule has 0 aliphatic heterocycles. The minimum Gasteiger partial charge on any atom is -0.394 e. The Hall–Kier alpha value is -1.40. The molecule has 2 N–H and O–H groups in total. The van der Waals surface area contributed by atoms with Gasteiger partial charge in [0.15, 0.2) is 0 Å². The highest BCUT2D eigenvalue weighted by Gasteiger charge is 2.15. The van der Waals surface area contributed by atoms with Gasteiger partial charge in [-0.3, -0.25) is 4.79 Å². The summed E-state index contributed by atoms with van der Waals surface area (Å²) in [5, 5.41) is 14.2. The summed E-state index contributed by atoms with van der Waals surface area (Å²) in [6, 6.07) is 10.6. The van der Waals surface area contributed by atoms with Crippen molar-refractivity contribution in [3.8, 4) is 0 Å². The van der Waals surface area contributed by atoms with E-state index < -0.39 is 0 Å². The third kappa shape index (κ3) is 4.82. The van der Waals surface area contributed by atoms with Gasteiger partial charge in [0.05, 0.1) is 13.2 Å². The fraction of sp³-hybridized carbons (Fsp3) is 0.267. The number of thiophene rings is 1. The number of carbonyl (C=O) groups excluding carboxylic acids is 1. The molecule has 1 amide bonds. The van der Waals surface area contributed by atoms with E-state index in [-0.39, 0.29) is 25.2 Å². The summed E-state index contributed by atoms with van der Waals surface area (Å²) in [5.74, 6) is -0.202. The first-order valence-electron chi connectivity index (χ1n) is 6.50. The van der Waals surface area contributed by atoms with Crippen molar-refractivity contribution >= 4 is 28.8 Å². The Bertz CT molecular complexity index is 574. The van der Waals surface area contributed by atoms with Crippen molar-refractivity contribution < 1.29 is 14.6 Å². The van der Waals surface area contributed by atoms with Crippen LogP contribution in [0, 0.1) is 0 Å². The summed E-state index contributed by atoms with van der Waals surface area (Å²) < 4.78 is 5.57. The zero-order valence-electron chi connectivity index (χ0n) is 11.3. The maximum Gasteiger partial charge on any atom is 0.251 e. The molecule has 4 nitrogen and oxygen atoms in total. The molecule has 0 fully saturated rings. The van der Waals surface area contributed by atoms with Crippen LogP contribution in [0.15, 0.2) is 41.8 Å². The molecule has 2 aromatic rings. The van der Waals surface area contributed by atoms with E-state index in [9.17, 15) is 4.79 Å². The van der Waals surface area contributed by atoms with Crippen LogP contribution in [0.3, 0.4) is 0 Å². The van der Waals surface area contributed by atoms with Crippen LogP contribution in [-0.2, 0) is 4.74 Å². The van der Waals surface area contributed by atoms with Gasteiger partial charge in [0.25, 0.3) is 5.91 Å². The SMILES string of the molecule is O=C(NCC(OCCO)c1cccs1)c1cccc(Cl)c1. The molecule has 0 spiro atoms. The molecule has 1 unspecified atom stereocenters. The minimum atomic E-state index is -0.264. The van der Waals surface area contributed by atoms with Crippen LogP contribution in [0.25, 0.3) is 0 Å². The summed E-state index contributed by atoms with van der Waals surface area (Å²) in [5.41, 5.74) is 0.509. The quantitative estimate of drug-likeness (QED) is 0.823. The standard InChI is InChI=1S/C15H16ClNO3S/c16-12-4-1-3-11(9-12)15(19)17-10-13(20-7-6-18)14-5-2-8-21-14/h1-5,8-9,13,18H,6-7,10H2,(H,17,19). The van der Waals surface area contributed by atoms with E-state index in [1.54, 1.807) is 35.6 Å². The summed E-state index contributed by atoms with van der Waals surface area (Å²) in [4.78, 5) is 13.1. The second kappa shape index (κ2) is 8.14. The monoisotopic (exact) mass is 325 g/mol. The second-order valence-electron chi connectivity index (χ2n) is 4.32. The molecule has 0 aliphatic rings. The Morgan fingerprint density at radius 3 is 2.90 bits per heavy atom. The van der Waals surface area contributed by atoms with Crippen LogP contribution >= 0.6 is 22.9 Å². The van der Waals surface area contributed by atoms with Gasteiger partial charge in [0.1, 0.15) is 6.10 Å². The van der Waals surface area contributed by atoms with Crippen LogP contribution in [0.2, 0.25) is 5.02 Å². The molecule has 112 valence electrons. The van der Waals surface area contributed by atoms with Crippen LogP contribution in [-0.4, -0.2) is 30.8 Å². The number of aliphatic hydroxyl groups excluding tert-OH is 1. The summed E-state index contributed by atoms with van der Waals surface area (Å²) >= 11 is 7.42. The van der Waals surface area contributed by atoms with Crippen molar-refractivity contribution in [1.82, 2.24) is 5.32 Å². The molecular weight excluding hydrogens is 310 g/mol.